The van der Waals surface area contributed by atoms with E-state index in [0.29, 0.717) is 0 Å². The Hall–Kier alpha value is -2.19. The molecule has 0 aliphatic heterocycles. The molecule has 9 heteroatoms. The minimum absolute atomic E-state index is 0.125. The lowest BCUT2D eigenvalue weighted by Crippen LogP contribution is -2.12. The van der Waals surface area contributed by atoms with E-state index in [9.17, 15) is 28.1 Å². The summed E-state index contributed by atoms with van der Waals surface area (Å²) in [5.41, 5.74) is -3.82. The van der Waals surface area contributed by atoms with Gasteiger partial charge < -0.3 is 5.11 Å². The van der Waals surface area contributed by atoms with E-state index in [1.54, 1.807) is 0 Å². The lowest BCUT2D eigenvalue weighted by molar-refractivity contribution is -0.388. The van der Waals surface area contributed by atoms with Gasteiger partial charge in [0.15, 0.2) is 0 Å². The second-order valence-electron chi connectivity index (χ2n) is 2.65. The van der Waals surface area contributed by atoms with Crippen molar-refractivity contribution in [3.8, 4) is 0 Å². The Balaban J connectivity index is 3.45. The van der Waals surface area contributed by atoms with Crippen LogP contribution in [0.25, 0.3) is 0 Å². The minimum atomic E-state index is -5.00. The van der Waals surface area contributed by atoms with Crippen LogP contribution in [0.3, 0.4) is 0 Å². The predicted octanol–water partition coefficient (Wildman–Crippen LogP) is 1.71. The van der Waals surface area contributed by atoms with Crippen molar-refractivity contribution in [2.75, 3.05) is 0 Å². The molecule has 0 radical (unpaired) electrons. The van der Waals surface area contributed by atoms with Crippen LogP contribution in [-0.4, -0.2) is 21.0 Å². The Kier molecular flexibility index (Phi) is 2.79. The molecule has 86 valence electrons. The quantitative estimate of drug-likeness (QED) is 0.623. The number of pyridine rings is 1. The van der Waals surface area contributed by atoms with Gasteiger partial charge in [-0.15, -0.1) is 0 Å². The van der Waals surface area contributed by atoms with E-state index in [2.05, 4.69) is 4.98 Å². The highest BCUT2D eigenvalue weighted by molar-refractivity contribution is 5.85. The first-order chi connectivity index (χ1) is 7.23. The topological polar surface area (TPSA) is 93.3 Å². The fourth-order valence-corrected chi connectivity index (χ4v) is 0.938. The maximum atomic E-state index is 12.3. The van der Waals surface area contributed by atoms with Crippen LogP contribution in [0.15, 0.2) is 12.3 Å². The summed E-state index contributed by atoms with van der Waals surface area (Å²) in [6.45, 7) is 0. The molecule has 0 saturated heterocycles. The van der Waals surface area contributed by atoms with Crippen molar-refractivity contribution in [1.82, 2.24) is 4.98 Å². The monoisotopic (exact) mass is 236 g/mol. The van der Waals surface area contributed by atoms with Gasteiger partial charge in [0.2, 0.25) is 0 Å². The lowest BCUT2D eigenvalue weighted by Gasteiger charge is -2.07. The van der Waals surface area contributed by atoms with Crippen LogP contribution in [0.1, 0.15) is 16.1 Å². The highest BCUT2D eigenvalue weighted by Crippen LogP contribution is 2.35. The molecule has 16 heavy (non-hydrogen) atoms. The fourth-order valence-electron chi connectivity index (χ4n) is 0.938. The maximum Gasteiger partial charge on any atom is 0.423 e. The number of rotatable bonds is 2. The second kappa shape index (κ2) is 3.76. The van der Waals surface area contributed by atoms with Gasteiger partial charge in [-0.05, 0) is 6.07 Å². The van der Waals surface area contributed by atoms with Crippen molar-refractivity contribution in [3.63, 3.8) is 0 Å². The summed E-state index contributed by atoms with van der Waals surface area (Å²) in [5, 5.41) is 18.7. The lowest BCUT2D eigenvalue weighted by atomic mass is 10.2. The number of alkyl halides is 3. The van der Waals surface area contributed by atoms with E-state index in [4.69, 9.17) is 5.11 Å². The standard InChI is InChI=1S/C7H3F3N2O4/c8-7(9,10)3-1-4(6(13)14)11-2-5(3)12(15)16/h1-2H,(H,13,14). The molecule has 0 aromatic carbocycles. The number of aromatic nitrogens is 1. The van der Waals surface area contributed by atoms with Gasteiger partial charge in [-0.3, -0.25) is 10.1 Å². The molecule has 1 aromatic rings. The van der Waals surface area contributed by atoms with Crippen molar-refractivity contribution >= 4 is 11.7 Å². The van der Waals surface area contributed by atoms with E-state index in [-0.39, 0.29) is 12.3 Å². The molecule has 0 unspecified atom stereocenters. The Morgan fingerprint density at radius 3 is 2.44 bits per heavy atom. The summed E-state index contributed by atoms with van der Waals surface area (Å²) in [4.78, 5) is 22.4. The molecule has 0 aliphatic rings. The predicted molar refractivity (Wildman–Crippen MR) is 42.9 cm³/mol. The number of carboxylic acids is 1. The number of nitro groups is 1. The van der Waals surface area contributed by atoms with Crippen molar-refractivity contribution in [3.05, 3.63) is 33.6 Å². The minimum Gasteiger partial charge on any atom is -0.477 e. The molecule has 1 N–H and O–H groups in total. The smallest absolute Gasteiger partial charge is 0.423 e. The van der Waals surface area contributed by atoms with E-state index in [1.165, 1.54) is 0 Å². The third kappa shape index (κ3) is 2.24. The van der Waals surface area contributed by atoms with Gasteiger partial charge in [0, 0.05) is 0 Å². The zero-order valence-corrected chi connectivity index (χ0v) is 7.35. The molecule has 0 spiro atoms. The number of carbonyl (C=O) groups is 1. The number of hydrogen-bond donors (Lipinski definition) is 1. The summed E-state index contributed by atoms with van der Waals surface area (Å²) in [7, 11) is 0. The zero-order valence-electron chi connectivity index (χ0n) is 7.35. The van der Waals surface area contributed by atoms with E-state index < -0.39 is 34.0 Å². The first kappa shape index (κ1) is 11.9. The normalized spacial score (nSPS) is 11.2. The molecule has 6 nitrogen and oxygen atoms in total. The van der Waals surface area contributed by atoms with E-state index in [0.717, 1.165) is 0 Å². The SMILES string of the molecule is O=C(O)c1cc(C(F)(F)F)c([N+](=O)[O-])cn1. The largest absolute Gasteiger partial charge is 0.477 e. The summed E-state index contributed by atoms with van der Waals surface area (Å²) >= 11 is 0. The molecule has 1 heterocycles. The molecule has 0 saturated carbocycles. The molecular weight excluding hydrogens is 233 g/mol. The van der Waals surface area contributed by atoms with Gasteiger partial charge in [0.25, 0.3) is 5.69 Å². The van der Waals surface area contributed by atoms with Crippen LogP contribution >= 0.6 is 0 Å². The summed E-state index contributed by atoms with van der Waals surface area (Å²) in [6, 6.07) is 0.125. The maximum absolute atomic E-state index is 12.3. The summed E-state index contributed by atoms with van der Waals surface area (Å²) in [6.07, 6.45) is -4.73. The van der Waals surface area contributed by atoms with Crippen LogP contribution in [0.4, 0.5) is 18.9 Å². The molecular formula is C7H3F3N2O4. The number of aromatic carboxylic acids is 1. The van der Waals surface area contributed by atoms with E-state index in [1.807, 2.05) is 0 Å². The van der Waals surface area contributed by atoms with Gasteiger partial charge in [0.1, 0.15) is 17.5 Å². The molecule has 0 bridgehead atoms. The third-order valence-electron chi connectivity index (χ3n) is 1.60. The Bertz CT molecular complexity index is 457. The van der Waals surface area contributed by atoms with Gasteiger partial charge in [-0.25, -0.2) is 9.78 Å². The van der Waals surface area contributed by atoms with Crippen LogP contribution in [-0.2, 0) is 6.18 Å². The molecule has 0 aliphatic carbocycles. The average molecular weight is 236 g/mol. The van der Waals surface area contributed by atoms with Gasteiger partial charge in [-0.1, -0.05) is 0 Å². The number of halogens is 3. The molecule has 0 atom stereocenters. The number of nitrogens with zero attached hydrogens (tertiary/aromatic N) is 2. The molecule has 1 aromatic heterocycles. The Labute approximate surface area is 85.5 Å². The highest BCUT2D eigenvalue weighted by atomic mass is 19.4. The van der Waals surface area contributed by atoms with Gasteiger partial charge >= 0.3 is 12.1 Å². The van der Waals surface area contributed by atoms with Crippen molar-refractivity contribution in [2.24, 2.45) is 0 Å². The Morgan fingerprint density at radius 1 is 1.50 bits per heavy atom. The third-order valence-corrected chi connectivity index (χ3v) is 1.60. The van der Waals surface area contributed by atoms with Gasteiger partial charge in [0.05, 0.1) is 4.92 Å². The van der Waals surface area contributed by atoms with Crippen LogP contribution in [0.5, 0.6) is 0 Å². The number of carboxylic acid groups (broad SMARTS) is 1. The molecule has 0 fully saturated rings. The summed E-state index contributed by atoms with van der Waals surface area (Å²) in [5.74, 6) is -1.69. The molecule has 1 rings (SSSR count). The van der Waals surface area contributed by atoms with Crippen LogP contribution in [0, 0.1) is 10.1 Å². The Morgan fingerprint density at radius 2 is 2.06 bits per heavy atom. The first-order valence-corrected chi connectivity index (χ1v) is 3.68. The first-order valence-electron chi connectivity index (χ1n) is 3.68. The highest BCUT2D eigenvalue weighted by Gasteiger charge is 2.39. The average Bonchev–Trinajstić information content (AvgIpc) is 2.15. The van der Waals surface area contributed by atoms with Crippen molar-refractivity contribution in [1.29, 1.82) is 0 Å². The van der Waals surface area contributed by atoms with Crippen molar-refractivity contribution in [2.45, 2.75) is 6.18 Å². The van der Waals surface area contributed by atoms with E-state index >= 15 is 0 Å². The fraction of sp³-hybridized carbons (Fsp3) is 0.143. The van der Waals surface area contributed by atoms with Crippen LogP contribution < -0.4 is 0 Å². The number of hydrogen-bond acceptors (Lipinski definition) is 4. The second-order valence-corrected chi connectivity index (χ2v) is 2.65. The van der Waals surface area contributed by atoms with Crippen LogP contribution in [0.2, 0.25) is 0 Å². The zero-order chi connectivity index (χ0) is 12.5. The summed E-state index contributed by atoms with van der Waals surface area (Å²) < 4.78 is 37.0. The van der Waals surface area contributed by atoms with Crippen molar-refractivity contribution < 1.29 is 28.0 Å². The molecule has 0 amide bonds. The van der Waals surface area contributed by atoms with Gasteiger partial charge in [-0.2, -0.15) is 13.2 Å².